The van der Waals surface area contributed by atoms with Crippen LogP contribution in [0, 0.1) is 0 Å². The Morgan fingerprint density at radius 3 is 1.67 bits per heavy atom. The van der Waals surface area contributed by atoms with E-state index in [1.54, 1.807) is 0 Å². The summed E-state index contributed by atoms with van der Waals surface area (Å²) in [7, 11) is -0.0678. The summed E-state index contributed by atoms with van der Waals surface area (Å²) in [6, 6.07) is 0.903. The lowest BCUT2D eigenvalue weighted by molar-refractivity contribution is 0.286. The van der Waals surface area contributed by atoms with Crippen molar-refractivity contribution >= 4 is 26.3 Å². The SMILES string of the molecule is CN([SiH2]N([Si](C)(C)C)[Si](C)(C)C)C1CCCCC1. The minimum Gasteiger partial charge on any atom is -0.361 e. The Balaban J connectivity index is 2.65. The van der Waals surface area contributed by atoms with Gasteiger partial charge in [0.2, 0.25) is 0 Å². The molecule has 0 saturated heterocycles. The minimum atomic E-state index is -1.13. The third-order valence-corrected chi connectivity index (χ3v) is 19.2. The molecule has 0 aromatic carbocycles. The predicted octanol–water partition coefficient (Wildman–Crippen LogP) is 3.22. The first-order valence-electron chi connectivity index (χ1n) is 7.60. The molecule has 108 valence electrons. The van der Waals surface area contributed by atoms with Gasteiger partial charge in [-0.05, 0) is 19.9 Å². The second-order valence-corrected chi connectivity index (χ2v) is 21.3. The van der Waals surface area contributed by atoms with Crippen molar-refractivity contribution in [1.29, 1.82) is 0 Å². The van der Waals surface area contributed by atoms with E-state index in [2.05, 4.69) is 54.8 Å². The standard InChI is InChI=1S/C13H34N2Si3/c1-14(13-11-9-8-10-12-13)16-15(17(2,3)4)18(5,6)7/h13H,8-12,16H2,1-7H3. The Labute approximate surface area is 119 Å². The van der Waals surface area contributed by atoms with Gasteiger partial charge in [-0.25, -0.2) is 0 Å². The Morgan fingerprint density at radius 1 is 0.833 bits per heavy atom. The van der Waals surface area contributed by atoms with Crippen LogP contribution >= 0.6 is 0 Å². The maximum atomic E-state index is 3.04. The van der Waals surface area contributed by atoms with Crippen molar-refractivity contribution in [2.24, 2.45) is 0 Å². The van der Waals surface area contributed by atoms with Gasteiger partial charge in [0.05, 0.1) is 0 Å². The first-order valence-corrected chi connectivity index (χ1v) is 15.8. The number of hydrogen-bond acceptors (Lipinski definition) is 2. The zero-order chi connectivity index (χ0) is 14.0. The molecule has 1 fully saturated rings. The molecule has 2 nitrogen and oxygen atoms in total. The van der Waals surface area contributed by atoms with Gasteiger partial charge in [-0.15, -0.1) is 0 Å². The Bertz CT molecular complexity index is 238. The molecule has 0 heterocycles. The van der Waals surface area contributed by atoms with Crippen LogP contribution in [-0.2, 0) is 0 Å². The van der Waals surface area contributed by atoms with E-state index in [1.807, 2.05) is 0 Å². The highest BCUT2D eigenvalue weighted by molar-refractivity contribution is 6.95. The zero-order valence-corrected chi connectivity index (χ0v) is 17.1. The molecule has 18 heavy (non-hydrogen) atoms. The van der Waals surface area contributed by atoms with E-state index in [4.69, 9.17) is 0 Å². The van der Waals surface area contributed by atoms with Crippen LogP contribution in [0.3, 0.4) is 0 Å². The average Bonchev–Trinajstić information content (AvgIpc) is 2.23. The van der Waals surface area contributed by atoms with Crippen LogP contribution in [-0.4, -0.2) is 47.9 Å². The molecule has 1 saturated carbocycles. The highest BCUT2D eigenvalue weighted by Crippen LogP contribution is 2.24. The van der Waals surface area contributed by atoms with Crippen molar-refractivity contribution < 1.29 is 0 Å². The summed E-state index contributed by atoms with van der Waals surface area (Å²) >= 11 is 0. The molecule has 5 heteroatoms. The first kappa shape index (κ1) is 16.6. The molecule has 1 aliphatic rings. The summed E-state index contributed by atoms with van der Waals surface area (Å²) in [5.41, 5.74) is 0. The third kappa shape index (κ3) is 4.92. The monoisotopic (exact) mass is 302 g/mol. The zero-order valence-electron chi connectivity index (χ0n) is 13.7. The molecule has 0 bridgehead atoms. The molecular formula is C13H34N2Si3. The lowest BCUT2D eigenvalue weighted by Crippen LogP contribution is -2.64. The second kappa shape index (κ2) is 6.35. The summed E-state index contributed by atoms with van der Waals surface area (Å²) in [6.07, 6.45) is 7.30. The highest BCUT2D eigenvalue weighted by atomic mass is 28.5. The van der Waals surface area contributed by atoms with Crippen LogP contribution in [0.2, 0.25) is 39.3 Å². The van der Waals surface area contributed by atoms with Crippen molar-refractivity contribution in [3.8, 4) is 0 Å². The quantitative estimate of drug-likeness (QED) is 0.720. The number of nitrogens with zero attached hydrogens (tertiary/aromatic N) is 2. The molecule has 1 aliphatic carbocycles. The normalized spacial score (nSPS) is 20.5. The van der Waals surface area contributed by atoms with E-state index in [0.29, 0.717) is 0 Å². The maximum absolute atomic E-state index is 3.04. The smallest absolute Gasteiger partial charge is 0.159 e. The van der Waals surface area contributed by atoms with E-state index in [0.717, 1.165) is 6.04 Å². The fourth-order valence-corrected chi connectivity index (χ4v) is 17.1. The summed E-state index contributed by atoms with van der Waals surface area (Å²) in [4.78, 5) is 0. The van der Waals surface area contributed by atoms with Crippen molar-refractivity contribution in [2.75, 3.05) is 7.05 Å². The van der Waals surface area contributed by atoms with Gasteiger partial charge in [0, 0.05) is 6.04 Å². The molecule has 0 aliphatic heterocycles. The van der Waals surface area contributed by atoms with Gasteiger partial charge in [-0.3, -0.25) is 0 Å². The van der Waals surface area contributed by atoms with Gasteiger partial charge in [0.15, 0.2) is 9.84 Å². The van der Waals surface area contributed by atoms with Gasteiger partial charge >= 0.3 is 0 Å². The van der Waals surface area contributed by atoms with Crippen LogP contribution in [0.1, 0.15) is 32.1 Å². The van der Waals surface area contributed by atoms with Gasteiger partial charge in [0.1, 0.15) is 16.5 Å². The van der Waals surface area contributed by atoms with Crippen molar-refractivity contribution in [3.63, 3.8) is 0 Å². The maximum Gasteiger partial charge on any atom is 0.159 e. The largest absolute Gasteiger partial charge is 0.361 e. The van der Waals surface area contributed by atoms with Crippen molar-refractivity contribution in [3.05, 3.63) is 0 Å². The molecule has 0 amide bonds. The summed E-state index contributed by atoms with van der Waals surface area (Å²) in [5, 5.41) is 0. The lowest BCUT2D eigenvalue weighted by Gasteiger charge is -2.47. The summed E-state index contributed by atoms with van der Waals surface area (Å²) in [6.45, 7) is 15.2. The summed E-state index contributed by atoms with van der Waals surface area (Å²) < 4.78 is 5.82. The molecule has 0 spiro atoms. The number of rotatable bonds is 5. The van der Waals surface area contributed by atoms with Gasteiger partial charge in [-0.1, -0.05) is 58.5 Å². The van der Waals surface area contributed by atoms with Gasteiger partial charge < -0.3 is 8.46 Å². The summed E-state index contributed by atoms with van der Waals surface area (Å²) in [5.74, 6) is 0. The van der Waals surface area contributed by atoms with Crippen LogP contribution in [0.4, 0.5) is 0 Å². The molecule has 0 radical (unpaired) electrons. The molecular weight excluding hydrogens is 268 g/mol. The fraction of sp³-hybridized carbons (Fsp3) is 1.00. The average molecular weight is 303 g/mol. The van der Waals surface area contributed by atoms with Crippen molar-refractivity contribution in [2.45, 2.75) is 77.4 Å². The first-order chi connectivity index (χ1) is 8.12. The lowest BCUT2D eigenvalue weighted by atomic mass is 9.96. The third-order valence-electron chi connectivity index (χ3n) is 4.18. The Morgan fingerprint density at radius 2 is 1.28 bits per heavy atom. The van der Waals surface area contributed by atoms with Crippen LogP contribution < -0.4 is 0 Å². The minimum absolute atomic E-state index is 0.213. The second-order valence-electron chi connectivity index (χ2n) is 7.96. The van der Waals surface area contributed by atoms with Gasteiger partial charge in [-0.2, -0.15) is 0 Å². The fourth-order valence-electron chi connectivity index (χ4n) is 3.29. The van der Waals surface area contributed by atoms with Crippen molar-refractivity contribution in [1.82, 2.24) is 8.46 Å². The van der Waals surface area contributed by atoms with Crippen LogP contribution in [0.25, 0.3) is 0 Å². The van der Waals surface area contributed by atoms with E-state index in [1.165, 1.54) is 32.1 Å². The van der Waals surface area contributed by atoms with E-state index in [9.17, 15) is 0 Å². The van der Waals surface area contributed by atoms with E-state index >= 15 is 0 Å². The topological polar surface area (TPSA) is 6.48 Å². The van der Waals surface area contributed by atoms with Gasteiger partial charge in [0.25, 0.3) is 0 Å². The van der Waals surface area contributed by atoms with E-state index in [-0.39, 0.29) is 9.84 Å². The number of hydrogen-bond donors (Lipinski definition) is 0. The molecule has 0 N–H and O–H groups in total. The predicted molar refractivity (Wildman–Crippen MR) is 91.7 cm³/mol. The Kier molecular flexibility index (Phi) is 5.86. The van der Waals surface area contributed by atoms with E-state index < -0.39 is 16.5 Å². The molecule has 0 aromatic heterocycles. The Hall–Kier alpha value is 0.571. The highest BCUT2D eigenvalue weighted by Gasteiger charge is 2.35. The molecule has 0 atom stereocenters. The molecule has 1 rings (SSSR count). The van der Waals surface area contributed by atoms with Crippen LogP contribution in [0.5, 0.6) is 0 Å². The van der Waals surface area contributed by atoms with Crippen LogP contribution in [0.15, 0.2) is 0 Å². The molecule has 0 aromatic rings. The molecule has 0 unspecified atom stereocenters.